The Morgan fingerprint density at radius 2 is 2.00 bits per heavy atom. The second-order valence-corrected chi connectivity index (χ2v) is 4.86. The van der Waals surface area contributed by atoms with E-state index in [0.29, 0.717) is 0 Å². The van der Waals surface area contributed by atoms with E-state index in [4.69, 9.17) is 16.3 Å². The fourth-order valence-corrected chi connectivity index (χ4v) is 1.34. The summed E-state index contributed by atoms with van der Waals surface area (Å²) in [6.07, 6.45) is 0. The molecule has 92 valence electrons. The van der Waals surface area contributed by atoms with E-state index < -0.39 is 16.5 Å². The van der Waals surface area contributed by atoms with Gasteiger partial charge in [-0.3, -0.25) is 10.1 Å². The smallest absolute Gasteiger partial charge is 0.345 e. The van der Waals surface area contributed by atoms with Crippen molar-refractivity contribution in [1.82, 2.24) is 0 Å². The summed E-state index contributed by atoms with van der Waals surface area (Å²) in [5.74, 6) is -0.758. The van der Waals surface area contributed by atoms with Gasteiger partial charge in [-0.25, -0.2) is 4.79 Å². The van der Waals surface area contributed by atoms with Crippen molar-refractivity contribution in [2.75, 3.05) is 0 Å². The Bertz CT molecular complexity index is 465. The van der Waals surface area contributed by atoms with E-state index in [1.165, 1.54) is 18.2 Å². The van der Waals surface area contributed by atoms with Gasteiger partial charge in [0.25, 0.3) is 5.69 Å². The van der Waals surface area contributed by atoms with Gasteiger partial charge in [0, 0.05) is 11.1 Å². The highest BCUT2D eigenvalue weighted by Gasteiger charge is 2.25. The first-order chi connectivity index (χ1) is 7.70. The molecule has 1 aromatic rings. The number of rotatable bonds is 2. The first kappa shape index (κ1) is 13.4. The van der Waals surface area contributed by atoms with Crippen LogP contribution in [-0.4, -0.2) is 16.5 Å². The van der Waals surface area contributed by atoms with Crippen LogP contribution < -0.4 is 0 Å². The van der Waals surface area contributed by atoms with Crippen molar-refractivity contribution in [1.29, 1.82) is 0 Å². The molecule has 1 rings (SSSR count). The first-order valence-corrected chi connectivity index (χ1v) is 5.26. The molecular formula is C11H12ClNO4. The van der Waals surface area contributed by atoms with Crippen molar-refractivity contribution < 1.29 is 14.5 Å². The van der Waals surface area contributed by atoms with Crippen LogP contribution in [0.5, 0.6) is 0 Å². The Hall–Kier alpha value is -1.62. The molecule has 0 N–H and O–H groups in total. The maximum atomic E-state index is 11.8. The van der Waals surface area contributed by atoms with Gasteiger partial charge in [0.05, 0.1) is 4.92 Å². The number of halogens is 1. The number of hydrogen-bond acceptors (Lipinski definition) is 4. The number of carbonyl (C=O) groups excluding carboxylic acids is 1. The average molecular weight is 258 g/mol. The molecule has 5 nitrogen and oxygen atoms in total. The number of nitrogens with zero attached hydrogens (tertiary/aromatic N) is 1. The molecule has 6 heteroatoms. The molecule has 0 fully saturated rings. The number of ether oxygens (including phenoxy) is 1. The van der Waals surface area contributed by atoms with Crippen LogP contribution in [-0.2, 0) is 4.74 Å². The summed E-state index contributed by atoms with van der Waals surface area (Å²) in [4.78, 5) is 21.9. The minimum atomic E-state index is -0.758. The molecule has 17 heavy (non-hydrogen) atoms. The molecule has 0 spiro atoms. The molecule has 0 aliphatic carbocycles. The van der Waals surface area contributed by atoms with Crippen molar-refractivity contribution in [3.05, 3.63) is 38.9 Å². The van der Waals surface area contributed by atoms with E-state index in [1.807, 2.05) is 0 Å². The molecule has 0 saturated heterocycles. The number of nitro benzene ring substituents is 1. The van der Waals surface area contributed by atoms with Gasteiger partial charge in [0.1, 0.15) is 11.2 Å². The van der Waals surface area contributed by atoms with Crippen LogP contribution >= 0.6 is 11.6 Å². The Morgan fingerprint density at radius 3 is 2.47 bits per heavy atom. The summed E-state index contributed by atoms with van der Waals surface area (Å²) in [7, 11) is 0. The lowest BCUT2D eigenvalue weighted by atomic mass is 10.1. The van der Waals surface area contributed by atoms with E-state index >= 15 is 0 Å². The molecule has 0 aliphatic heterocycles. The van der Waals surface area contributed by atoms with Crippen LogP contribution in [0.25, 0.3) is 0 Å². The second-order valence-electron chi connectivity index (χ2n) is 4.42. The van der Waals surface area contributed by atoms with Crippen LogP contribution in [0.4, 0.5) is 5.69 Å². The van der Waals surface area contributed by atoms with E-state index in [0.717, 1.165) is 0 Å². The van der Waals surface area contributed by atoms with Crippen LogP contribution in [0, 0.1) is 10.1 Å². The van der Waals surface area contributed by atoms with Gasteiger partial charge < -0.3 is 4.74 Å². The van der Waals surface area contributed by atoms with Crippen molar-refractivity contribution >= 4 is 23.3 Å². The molecule has 0 bridgehead atoms. The highest BCUT2D eigenvalue weighted by Crippen LogP contribution is 2.25. The summed E-state index contributed by atoms with van der Waals surface area (Å²) >= 11 is 5.71. The molecule has 0 heterocycles. The normalized spacial score (nSPS) is 11.1. The Kier molecular flexibility index (Phi) is 3.72. The van der Waals surface area contributed by atoms with E-state index in [9.17, 15) is 14.9 Å². The van der Waals surface area contributed by atoms with Gasteiger partial charge in [0.2, 0.25) is 0 Å². The molecule has 0 atom stereocenters. The van der Waals surface area contributed by atoms with Crippen molar-refractivity contribution in [3.63, 3.8) is 0 Å². The minimum Gasteiger partial charge on any atom is -0.456 e. The lowest BCUT2D eigenvalue weighted by molar-refractivity contribution is -0.385. The summed E-state index contributed by atoms with van der Waals surface area (Å²) in [5.41, 5.74) is -1.17. The summed E-state index contributed by atoms with van der Waals surface area (Å²) in [6.45, 7) is 5.05. The molecule has 0 radical (unpaired) electrons. The fourth-order valence-electron chi connectivity index (χ4n) is 1.16. The number of esters is 1. The highest BCUT2D eigenvalue weighted by atomic mass is 35.5. The standard InChI is InChI=1S/C11H12ClNO4/c1-11(2,3)17-10(14)8-6-7(12)4-5-9(8)13(15)16/h4-6H,1-3H3. The maximum absolute atomic E-state index is 11.8. The van der Waals surface area contributed by atoms with Crippen LogP contribution in [0.15, 0.2) is 18.2 Å². The third-order valence-corrected chi connectivity index (χ3v) is 2.01. The third-order valence-electron chi connectivity index (χ3n) is 1.77. The van der Waals surface area contributed by atoms with Crippen LogP contribution in [0.3, 0.4) is 0 Å². The maximum Gasteiger partial charge on any atom is 0.345 e. The van der Waals surface area contributed by atoms with Gasteiger partial charge in [-0.2, -0.15) is 0 Å². The van der Waals surface area contributed by atoms with Crippen LogP contribution in [0.1, 0.15) is 31.1 Å². The van der Waals surface area contributed by atoms with Crippen molar-refractivity contribution in [2.45, 2.75) is 26.4 Å². The third kappa shape index (κ3) is 3.71. The average Bonchev–Trinajstić information content (AvgIpc) is 2.14. The number of hydrogen-bond donors (Lipinski definition) is 0. The zero-order chi connectivity index (χ0) is 13.2. The van der Waals surface area contributed by atoms with E-state index in [1.54, 1.807) is 20.8 Å². The Balaban J connectivity index is 3.16. The van der Waals surface area contributed by atoms with Crippen molar-refractivity contribution in [3.8, 4) is 0 Å². The predicted octanol–water partition coefficient (Wildman–Crippen LogP) is 3.20. The monoisotopic (exact) mass is 257 g/mol. The fraction of sp³-hybridized carbons (Fsp3) is 0.364. The summed E-state index contributed by atoms with van der Waals surface area (Å²) in [6, 6.07) is 3.77. The van der Waals surface area contributed by atoms with Gasteiger partial charge in [-0.1, -0.05) is 11.6 Å². The number of nitro groups is 1. The highest BCUT2D eigenvalue weighted by molar-refractivity contribution is 6.31. The molecule has 0 saturated carbocycles. The van der Waals surface area contributed by atoms with Gasteiger partial charge in [-0.05, 0) is 32.9 Å². The largest absolute Gasteiger partial charge is 0.456 e. The number of carbonyl (C=O) groups is 1. The summed E-state index contributed by atoms with van der Waals surface area (Å²) in [5, 5.41) is 11.0. The van der Waals surface area contributed by atoms with Crippen molar-refractivity contribution in [2.24, 2.45) is 0 Å². The summed E-state index contributed by atoms with van der Waals surface area (Å²) < 4.78 is 5.07. The molecule has 0 unspecified atom stereocenters. The molecule has 0 aromatic heterocycles. The zero-order valence-electron chi connectivity index (χ0n) is 9.69. The molecule has 0 amide bonds. The molecular weight excluding hydrogens is 246 g/mol. The zero-order valence-corrected chi connectivity index (χ0v) is 10.4. The van der Waals surface area contributed by atoms with Gasteiger partial charge >= 0.3 is 5.97 Å². The topological polar surface area (TPSA) is 69.4 Å². The first-order valence-electron chi connectivity index (χ1n) is 4.88. The minimum absolute atomic E-state index is 0.141. The SMILES string of the molecule is CC(C)(C)OC(=O)c1cc(Cl)ccc1[N+](=O)[O-]. The lowest BCUT2D eigenvalue weighted by Crippen LogP contribution is -2.24. The predicted molar refractivity (Wildman–Crippen MR) is 63.3 cm³/mol. The quantitative estimate of drug-likeness (QED) is 0.463. The Morgan fingerprint density at radius 1 is 1.41 bits per heavy atom. The van der Waals surface area contributed by atoms with Gasteiger partial charge in [0.15, 0.2) is 0 Å². The second kappa shape index (κ2) is 4.71. The van der Waals surface area contributed by atoms with Gasteiger partial charge in [-0.15, -0.1) is 0 Å². The van der Waals surface area contributed by atoms with E-state index in [2.05, 4.69) is 0 Å². The van der Waals surface area contributed by atoms with E-state index in [-0.39, 0.29) is 16.3 Å². The number of benzene rings is 1. The molecule has 1 aromatic carbocycles. The lowest BCUT2D eigenvalue weighted by Gasteiger charge is -2.19. The van der Waals surface area contributed by atoms with Crippen LogP contribution in [0.2, 0.25) is 5.02 Å². The molecule has 0 aliphatic rings. The Labute approximate surface area is 103 Å².